The Hall–Kier alpha value is -1.10. The first kappa shape index (κ1) is 12.9. The molecule has 4 nitrogen and oxygen atoms in total. The van der Waals surface area contributed by atoms with Gasteiger partial charge in [-0.3, -0.25) is 0 Å². The van der Waals surface area contributed by atoms with Crippen LogP contribution < -0.4 is 5.32 Å². The Morgan fingerprint density at radius 1 is 1.32 bits per heavy atom. The van der Waals surface area contributed by atoms with Crippen LogP contribution in [0.3, 0.4) is 0 Å². The van der Waals surface area contributed by atoms with Crippen LogP contribution in [0.4, 0.5) is 0 Å². The van der Waals surface area contributed by atoms with E-state index in [9.17, 15) is 0 Å². The van der Waals surface area contributed by atoms with Gasteiger partial charge in [-0.25, -0.2) is 9.67 Å². The third-order valence-corrected chi connectivity index (χ3v) is 4.03. The van der Waals surface area contributed by atoms with Gasteiger partial charge in [0, 0.05) is 6.04 Å². The Bertz CT molecular complexity index is 578. The molecule has 100 valence electrons. The molecule has 1 aromatic carbocycles. The Morgan fingerprint density at radius 3 is 2.95 bits per heavy atom. The normalized spacial score (nSPS) is 14.8. The lowest BCUT2D eigenvalue weighted by atomic mass is 10.2. The molecule has 0 aliphatic heterocycles. The fourth-order valence-electron chi connectivity index (χ4n) is 1.91. The van der Waals surface area contributed by atoms with Crippen molar-refractivity contribution in [1.29, 1.82) is 0 Å². The second-order valence-corrected chi connectivity index (χ2v) is 5.49. The standard InChI is InChI=1S/C13H14Cl2N4/c14-11-3-1-2-9(13(11)15)7-19-12(17-8-18-19)6-16-10-4-5-10/h1-3,8,10,16H,4-7H2. The highest BCUT2D eigenvalue weighted by atomic mass is 35.5. The molecule has 0 atom stereocenters. The fourth-order valence-corrected chi connectivity index (χ4v) is 2.29. The van der Waals surface area contributed by atoms with E-state index in [1.54, 1.807) is 12.4 Å². The van der Waals surface area contributed by atoms with Gasteiger partial charge in [-0.1, -0.05) is 35.3 Å². The van der Waals surface area contributed by atoms with Crippen molar-refractivity contribution >= 4 is 23.2 Å². The highest BCUT2D eigenvalue weighted by Gasteiger charge is 2.21. The van der Waals surface area contributed by atoms with E-state index in [2.05, 4.69) is 15.4 Å². The molecule has 1 fully saturated rings. The molecular weight excluding hydrogens is 283 g/mol. The van der Waals surface area contributed by atoms with E-state index in [1.165, 1.54) is 12.8 Å². The number of benzene rings is 1. The molecule has 0 bridgehead atoms. The summed E-state index contributed by atoms with van der Waals surface area (Å²) in [7, 11) is 0. The highest BCUT2D eigenvalue weighted by Crippen LogP contribution is 2.26. The number of rotatable bonds is 5. The van der Waals surface area contributed by atoms with Crippen molar-refractivity contribution in [2.45, 2.75) is 32.0 Å². The molecule has 1 heterocycles. The van der Waals surface area contributed by atoms with Crippen molar-refractivity contribution in [3.63, 3.8) is 0 Å². The summed E-state index contributed by atoms with van der Waals surface area (Å²) in [6.45, 7) is 1.32. The lowest BCUT2D eigenvalue weighted by Gasteiger charge is -2.09. The van der Waals surface area contributed by atoms with E-state index in [-0.39, 0.29) is 0 Å². The Morgan fingerprint density at radius 2 is 2.16 bits per heavy atom. The van der Waals surface area contributed by atoms with E-state index >= 15 is 0 Å². The first-order chi connectivity index (χ1) is 9.24. The third kappa shape index (κ3) is 3.08. The molecule has 6 heteroatoms. The average molecular weight is 297 g/mol. The van der Waals surface area contributed by atoms with Crippen molar-refractivity contribution in [1.82, 2.24) is 20.1 Å². The van der Waals surface area contributed by atoms with Gasteiger partial charge in [-0.15, -0.1) is 0 Å². The summed E-state index contributed by atoms with van der Waals surface area (Å²) in [5.74, 6) is 0.919. The van der Waals surface area contributed by atoms with E-state index in [0.717, 1.165) is 17.9 Å². The molecular formula is C13H14Cl2N4. The summed E-state index contributed by atoms with van der Waals surface area (Å²) >= 11 is 12.2. The largest absolute Gasteiger partial charge is 0.307 e. The van der Waals surface area contributed by atoms with Gasteiger partial charge in [0.15, 0.2) is 0 Å². The van der Waals surface area contributed by atoms with Gasteiger partial charge in [0.05, 0.1) is 23.1 Å². The van der Waals surface area contributed by atoms with Crippen LogP contribution in [-0.2, 0) is 13.1 Å². The predicted octanol–water partition coefficient (Wildman–Crippen LogP) is 2.89. The molecule has 0 unspecified atom stereocenters. The molecule has 1 N–H and O–H groups in total. The van der Waals surface area contributed by atoms with E-state index in [0.29, 0.717) is 22.6 Å². The first-order valence-corrected chi connectivity index (χ1v) is 7.02. The van der Waals surface area contributed by atoms with Gasteiger partial charge in [0.1, 0.15) is 12.2 Å². The maximum atomic E-state index is 6.19. The summed E-state index contributed by atoms with van der Waals surface area (Å²) in [4.78, 5) is 4.28. The maximum Gasteiger partial charge on any atom is 0.141 e. The first-order valence-electron chi connectivity index (χ1n) is 6.27. The molecule has 19 heavy (non-hydrogen) atoms. The summed E-state index contributed by atoms with van der Waals surface area (Å²) in [6, 6.07) is 6.28. The average Bonchev–Trinajstić information content (AvgIpc) is 3.13. The number of hydrogen-bond donors (Lipinski definition) is 1. The van der Waals surface area contributed by atoms with Crippen LogP contribution in [0, 0.1) is 0 Å². The van der Waals surface area contributed by atoms with Crippen molar-refractivity contribution in [2.24, 2.45) is 0 Å². The zero-order valence-corrected chi connectivity index (χ0v) is 11.8. The zero-order chi connectivity index (χ0) is 13.2. The van der Waals surface area contributed by atoms with Crippen molar-refractivity contribution < 1.29 is 0 Å². The smallest absolute Gasteiger partial charge is 0.141 e. The van der Waals surface area contributed by atoms with E-state index in [1.807, 2.05) is 16.8 Å². The second kappa shape index (κ2) is 5.49. The quantitative estimate of drug-likeness (QED) is 0.922. The summed E-state index contributed by atoms with van der Waals surface area (Å²) in [5, 5.41) is 8.82. The second-order valence-electron chi connectivity index (χ2n) is 4.70. The molecule has 1 aromatic heterocycles. The fraction of sp³-hybridized carbons (Fsp3) is 0.385. The predicted molar refractivity (Wildman–Crippen MR) is 75.4 cm³/mol. The van der Waals surface area contributed by atoms with Crippen molar-refractivity contribution in [3.8, 4) is 0 Å². The monoisotopic (exact) mass is 296 g/mol. The number of hydrogen-bond acceptors (Lipinski definition) is 3. The SMILES string of the molecule is Clc1cccc(Cn2ncnc2CNC2CC2)c1Cl. The lowest BCUT2D eigenvalue weighted by molar-refractivity contribution is 0.583. The minimum absolute atomic E-state index is 0.567. The Kier molecular flexibility index (Phi) is 3.73. The summed E-state index contributed by atoms with van der Waals surface area (Å²) in [6.07, 6.45) is 4.09. The van der Waals surface area contributed by atoms with Crippen LogP contribution in [-0.4, -0.2) is 20.8 Å². The van der Waals surface area contributed by atoms with E-state index in [4.69, 9.17) is 23.2 Å². The van der Waals surface area contributed by atoms with Gasteiger partial charge < -0.3 is 5.32 Å². The van der Waals surface area contributed by atoms with Gasteiger partial charge >= 0.3 is 0 Å². The molecule has 0 radical (unpaired) electrons. The van der Waals surface area contributed by atoms with Gasteiger partial charge in [0.2, 0.25) is 0 Å². The van der Waals surface area contributed by atoms with Crippen LogP contribution in [0.5, 0.6) is 0 Å². The number of nitrogens with one attached hydrogen (secondary N) is 1. The molecule has 0 spiro atoms. The summed E-state index contributed by atoms with van der Waals surface area (Å²) < 4.78 is 1.85. The van der Waals surface area contributed by atoms with Crippen LogP contribution in [0.15, 0.2) is 24.5 Å². The molecule has 1 aliphatic rings. The lowest BCUT2D eigenvalue weighted by Crippen LogP contribution is -2.19. The summed E-state index contributed by atoms with van der Waals surface area (Å²) in [5.41, 5.74) is 0.951. The van der Waals surface area contributed by atoms with Gasteiger partial charge in [-0.2, -0.15) is 5.10 Å². The topological polar surface area (TPSA) is 42.7 Å². The van der Waals surface area contributed by atoms with Crippen LogP contribution in [0.25, 0.3) is 0 Å². The minimum atomic E-state index is 0.567. The van der Waals surface area contributed by atoms with E-state index < -0.39 is 0 Å². The van der Waals surface area contributed by atoms with Gasteiger partial charge in [-0.05, 0) is 24.5 Å². The Balaban J connectivity index is 1.75. The van der Waals surface area contributed by atoms with Crippen molar-refractivity contribution in [2.75, 3.05) is 0 Å². The molecule has 2 aromatic rings. The van der Waals surface area contributed by atoms with Crippen molar-refractivity contribution in [3.05, 3.63) is 46.0 Å². The van der Waals surface area contributed by atoms with Crippen LogP contribution in [0.2, 0.25) is 10.0 Å². The molecule has 0 saturated heterocycles. The molecule has 1 aliphatic carbocycles. The molecule has 3 rings (SSSR count). The number of halogens is 2. The number of aromatic nitrogens is 3. The maximum absolute atomic E-state index is 6.19. The molecule has 0 amide bonds. The highest BCUT2D eigenvalue weighted by molar-refractivity contribution is 6.42. The van der Waals surface area contributed by atoms with Crippen LogP contribution in [0.1, 0.15) is 24.2 Å². The Labute approximate surface area is 121 Å². The minimum Gasteiger partial charge on any atom is -0.307 e. The third-order valence-electron chi connectivity index (χ3n) is 3.17. The van der Waals surface area contributed by atoms with Gasteiger partial charge in [0.25, 0.3) is 0 Å². The zero-order valence-electron chi connectivity index (χ0n) is 10.3. The molecule has 1 saturated carbocycles. The number of nitrogens with zero attached hydrogens (tertiary/aromatic N) is 3. The van der Waals surface area contributed by atoms with Crippen LogP contribution >= 0.6 is 23.2 Å².